The van der Waals surface area contributed by atoms with Crippen LogP contribution in [0.2, 0.25) is 0 Å². The maximum Gasteiger partial charge on any atom is 0.141 e. The lowest BCUT2D eigenvalue weighted by Gasteiger charge is -2.12. The summed E-state index contributed by atoms with van der Waals surface area (Å²) < 4.78 is 19.1. The first-order valence-corrected chi connectivity index (χ1v) is 5.86. The highest BCUT2D eigenvalue weighted by atomic mass is 79.9. The highest BCUT2D eigenvalue weighted by Crippen LogP contribution is 2.21. The van der Waals surface area contributed by atoms with Crippen molar-refractivity contribution >= 4 is 15.9 Å². The van der Waals surface area contributed by atoms with Crippen LogP contribution in [0, 0.1) is 5.82 Å². The number of benzene rings is 1. The maximum atomic E-state index is 13.1. The quantitative estimate of drug-likeness (QED) is 0.915. The molecule has 1 unspecified atom stereocenters. The van der Waals surface area contributed by atoms with Crippen LogP contribution >= 0.6 is 15.9 Å². The van der Waals surface area contributed by atoms with E-state index in [-0.39, 0.29) is 5.82 Å². The third kappa shape index (κ3) is 2.92. The topological polar surface area (TPSA) is 21.3 Å². The summed E-state index contributed by atoms with van der Waals surface area (Å²) in [5.41, 5.74) is 0. The molecule has 0 radical (unpaired) electrons. The Hall–Kier alpha value is -0.610. The van der Waals surface area contributed by atoms with Crippen LogP contribution in [0.5, 0.6) is 5.75 Å². The summed E-state index contributed by atoms with van der Waals surface area (Å²) in [7, 11) is 0. The molecule has 0 spiro atoms. The second-order valence-corrected chi connectivity index (χ2v) is 4.53. The van der Waals surface area contributed by atoms with Crippen LogP contribution in [-0.2, 0) is 0 Å². The molecule has 0 amide bonds. The summed E-state index contributed by atoms with van der Waals surface area (Å²) in [6, 6.07) is 5.24. The van der Waals surface area contributed by atoms with Gasteiger partial charge in [-0.2, -0.15) is 0 Å². The van der Waals surface area contributed by atoms with Crippen molar-refractivity contribution < 1.29 is 9.13 Å². The normalized spacial score (nSPS) is 20.5. The van der Waals surface area contributed by atoms with Gasteiger partial charge in [0.2, 0.25) is 0 Å². The zero-order valence-corrected chi connectivity index (χ0v) is 9.89. The second-order valence-electron chi connectivity index (χ2n) is 3.68. The minimum Gasteiger partial charge on any atom is -0.492 e. The smallest absolute Gasteiger partial charge is 0.141 e. The zero-order valence-electron chi connectivity index (χ0n) is 8.30. The Morgan fingerprint density at radius 2 is 2.40 bits per heavy atom. The van der Waals surface area contributed by atoms with Gasteiger partial charge in [-0.25, -0.2) is 4.39 Å². The van der Waals surface area contributed by atoms with Crippen LogP contribution in [0.25, 0.3) is 0 Å². The third-order valence-corrected chi connectivity index (χ3v) is 3.15. The third-order valence-electron chi connectivity index (χ3n) is 2.50. The first kappa shape index (κ1) is 10.9. The number of rotatable bonds is 3. The van der Waals surface area contributed by atoms with Crippen molar-refractivity contribution in [3.63, 3.8) is 0 Å². The monoisotopic (exact) mass is 273 g/mol. The SMILES string of the molecule is Fc1cc(OCC2CCCN2)ccc1Br. The summed E-state index contributed by atoms with van der Waals surface area (Å²) in [5.74, 6) is 0.302. The molecule has 1 aliphatic heterocycles. The molecule has 2 nitrogen and oxygen atoms in total. The van der Waals surface area contributed by atoms with E-state index in [0.29, 0.717) is 22.9 Å². The number of ether oxygens (including phenoxy) is 1. The standard InChI is InChI=1S/C11H13BrFNO/c12-10-4-3-9(6-11(10)13)15-7-8-2-1-5-14-8/h3-4,6,8,14H,1-2,5,7H2. The minimum atomic E-state index is -0.285. The molecule has 1 fully saturated rings. The van der Waals surface area contributed by atoms with Gasteiger partial charge in [0, 0.05) is 12.1 Å². The first-order valence-electron chi connectivity index (χ1n) is 5.07. The van der Waals surface area contributed by atoms with E-state index in [1.807, 2.05) is 0 Å². The number of nitrogens with one attached hydrogen (secondary N) is 1. The van der Waals surface area contributed by atoms with Crippen LogP contribution in [0.4, 0.5) is 4.39 Å². The fourth-order valence-corrected chi connectivity index (χ4v) is 1.91. The summed E-state index contributed by atoms with van der Waals surface area (Å²) in [4.78, 5) is 0. The van der Waals surface area contributed by atoms with Gasteiger partial charge >= 0.3 is 0 Å². The molecule has 82 valence electrons. The Morgan fingerprint density at radius 3 is 3.07 bits per heavy atom. The van der Waals surface area contributed by atoms with Gasteiger partial charge in [-0.15, -0.1) is 0 Å². The Labute approximate surface area is 96.9 Å². The Balaban J connectivity index is 1.90. The largest absolute Gasteiger partial charge is 0.492 e. The zero-order chi connectivity index (χ0) is 10.7. The molecule has 1 saturated heterocycles. The van der Waals surface area contributed by atoms with Gasteiger partial charge in [0.15, 0.2) is 0 Å². The van der Waals surface area contributed by atoms with E-state index in [4.69, 9.17) is 4.74 Å². The van der Waals surface area contributed by atoms with E-state index < -0.39 is 0 Å². The van der Waals surface area contributed by atoms with Crippen LogP contribution in [-0.4, -0.2) is 19.2 Å². The van der Waals surface area contributed by atoms with Gasteiger partial charge in [-0.1, -0.05) is 0 Å². The van der Waals surface area contributed by atoms with Crippen molar-refractivity contribution in [2.75, 3.05) is 13.2 Å². The number of halogens is 2. The summed E-state index contributed by atoms with van der Waals surface area (Å²) in [6.45, 7) is 1.67. The molecule has 1 aromatic rings. The number of hydrogen-bond donors (Lipinski definition) is 1. The van der Waals surface area contributed by atoms with Gasteiger partial charge in [0.05, 0.1) is 4.47 Å². The lowest BCUT2D eigenvalue weighted by molar-refractivity contribution is 0.276. The molecule has 1 N–H and O–H groups in total. The van der Waals surface area contributed by atoms with E-state index in [9.17, 15) is 4.39 Å². The molecule has 0 saturated carbocycles. The molecule has 2 rings (SSSR count). The second kappa shape index (κ2) is 4.94. The Bertz CT molecular complexity index is 339. The van der Waals surface area contributed by atoms with Gasteiger partial charge < -0.3 is 10.1 Å². The average molecular weight is 274 g/mol. The van der Waals surface area contributed by atoms with Gasteiger partial charge in [-0.05, 0) is 47.4 Å². The van der Waals surface area contributed by atoms with E-state index in [1.54, 1.807) is 12.1 Å². The molecule has 0 aromatic heterocycles. The predicted molar refractivity (Wildman–Crippen MR) is 60.6 cm³/mol. The highest BCUT2D eigenvalue weighted by Gasteiger charge is 2.14. The molecule has 15 heavy (non-hydrogen) atoms. The fraction of sp³-hybridized carbons (Fsp3) is 0.455. The van der Waals surface area contributed by atoms with E-state index in [0.717, 1.165) is 13.0 Å². The van der Waals surface area contributed by atoms with Crippen molar-refractivity contribution in [3.05, 3.63) is 28.5 Å². The van der Waals surface area contributed by atoms with Crippen LogP contribution < -0.4 is 10.1 Å². The molecule has 1 aliphatic rings. The van der Waals surface area contributed by atoms with Crippen molar-refractivity contribution in [2.45, 2.75) is 18.9 Å². The highest BCUT2D eigenvalue weighted by molar-refractivity contribution is 9.10. The molecule has 1 heterocycles. The minimum absolute atomic E-state index is 0.285. The van der Waals surface area contributed by atoms with Crippen LogP contribution in [0.1, 0.15) is 12.8 Å². The molecule has 0 aliphatic carbocycles. The maximum absolute atomic E-state index is 13.1. The summed E-state index contributed by atoms with van der Waals surface area (Å²) in [5, 5.41) is 3.32. The summed E-state index contributed by atoms with van der Waals surface area (Å²) >= 11 is 3.10. The van der Waals surface area contributed by atoms with Crippen molar-refractivity contribution in [1.82, 2.24) is 5.32 Å². The molecular weight excluding hydrogens is 261 g/mol. The fourth-order valence-electron chi connectivity index (χ4n) is 1.66. The van der Waals surface area contributed by atoms with Crippen molar-refractivity contribution in [1.29, 1.82) is 0 Å². The lowest BCUT2D eigenvalue weighted by atomic mass is 10.2. The first-order chi connectivity index (χ1) is 7.25. The van der Waals surface area contributed by atoms with Gasteiger partial charge in [0.1, 0.15) is 18.2 Å². The molecule has 1 atom stereocenters. The van der Waals surface area contributed by atoms with Crippen molar-refractivity contribution in [2.24, 2.45) is 0 Å². The Morgan fingerprint density at radius 1 is 1.53 bits per heavy atom. The average Bonchev–Trinajstić information content (AvgIpc) is 2.73. The number of hydrogen-bond acceptors (Lipinski definition) is 2. The van der Waals surface area contributed by atoms with Crippen molar-refractivity contribution in [3.8, 4) is 5.75 Å². The Kier molecular flexibility index (Phi) is 3.59. The molecule has 4 heteroatoms. The molecular formula is C11H13BrFNO. The lowest BCUT2D eigenvalue weighted by Crippen LogP contribution is -2.28. The van der Waals surface area contributed by atoms with Gasteiger partial charge in [0.25, 0.3) is 0 Å². The predicted octanol–water partition coefficient (Wildman–Crippen LogP) is 2.72. The molecule has 0 bridgehead atoms. The van der Waals surface area contributed by atoms with E-state index >= 15 is 0 Å². The van der Waals surface area contributed by atoms with Gasteiger partial charge in [-0.3, -0.25) is 0 Å². The molecule has 1 aromatic carbocycles. The van der Waals surface area contributed by atoms with Crippen LogP contribution in [0.3, 0.4) is 0 Å². The van der Waals surface area contributed by atoms with Crippen LogP contribution in [0.15, 0.2) is 22.7 Å². The summed E-state index contributed by atoms with van der Waals surface area (Å²) in [6.07, 6.45) is 2.34. The van der Waals surface area contributed by atoms with E-state index in [1.165, 1.54) is 12.5 Å². The van der Waals surface area contributed by atoms with E-state index in [2.05, 4.69) is 21.2 Å².